The van der Waals surface area contributed by atoms with Crippen molar-refractivity contribution >= 4 is 27.9 Å². The van der Waals surface area contributed by atoms with Crippen molar-refractivity contribution in [2.24, 2.45) is 4.99 Å². The maximum atomic E-state index is 12.8. The second-order valence-corrected chi connectivity index (χ2v) is 11.0. The number of aliphatic imine (C=N–C) groups is 1. The van der Waals surface area contributed by atoms with Crippen molar-refractivity contribution in [3.8, 4) is 0 Å². The summed E-state index contributed by atoms with van der Waals surface area (Å²) in [5, 5.41) is 4.33. The molecule has 0 radical (unpaired) electrons. The highest BCUT2D eigenvalue weighted by atomic mass is 32.2. The Labute approximate surface area is 209 Å². The molecule has 4 atom stereocenters. The monoisotopic (exact) mass is 516 g/mol. The number of benzene rings is 1. The minimum atomic E-state index is -3.98. The van der Waals surface area contributed by atoms with Gasteiger partial charge in [-0.1, -0.05) is 17.7 Å². The van der Waals surface area contributed by atoms with Crippen molar-refractivity contribution in [2.75, 3.05) is 20.7 Å². The summed E-state index contributed by atoms with van der Waals surface area (Å²) in [5.74, 6) is -0.491. The summed E-state index contributed by atoms with van der Waals surface area (Å²) in [7, 11) is -0.275. The van der Waals surface area contributed by atoms with Gasteiger partial charge in [-0.05, 0) is 32.9 Å². The lowest BCUT2D eigenvalue weighted by atomic mass is 10.1. The van der Waals surface area contributed by atoms with Gasteiger partial charge in [-0.2, -0.15) is 13.5 Å². The molecule has 2 aliphatic rings. The van der Waals surface area contributed by atoms with Gasteiger partial charge in [0.25, 0.3) is 10.1 Å². The van der Waals surface area contributed by atoms with Crippen molar-refractivity contribution < 1.29 is 26.8 Å². The summed E-state index contributed by atoms with van der Waals surface area (Å²) < 4.78 is 51.0. The number of imidazole rings is 1. The summed E-state index contributed by atoms with van der Waals surface area (Å²) in [6.07, 6.45) is 2.20. The van der Waals surface area contributed by atoms with Gasteiger partial charge in [0, 0.05) is 14.1 Å². The number of aromatic nitrogens is 4. The quantitative estimate of drug-likeness (QED) is 0.261. The van der Waals surface area contributed by atoms with Crippen molar-refractivity contribution in [1.29, 1.82) is 0 Å². The normalized spacial score (nSPS) is 25.6. The summed E-state index contributed by atoms with van der Waals surface area (Å²) in [6.45, 7) is 5.24. The highest BCUT2D eigenvalue weighted by molar-refractivity contribution is 7.86. The molecule has 192 valence electrons. The van der Waals surface area contributed by atoms with Crippen LogP contribution < -0.4 is 0 Å². The molecule has 0 N–H and O–H groups in total. The highest BCUT2D eigenvalue weighted by Crippen LogP contribution is 2.45. The van der Waals surface area contributed by atoms with E-state index in [0.717, 1.165) is 5.56 Å². The average molecular weight is 517 g/mol. The Bertz CT molecular complexity index is 1390. The van der Waals surface area contributed by atoms with Crippen molar-refractivity contribution in [3.05, 3.63) is 48.0 Å². The fourth-order valence-electron chi connectivity index (χ4n) is 4.26. The summed E-state index contributed by atoms with van der Waals surface area (Å²) in [6, 6.07) is 6.46. The van der Waals surface area contributed by atoms with Gasteiger partial charge in [-0.15, -0.1) is 0 Å². The smallest absolute Gasteiger partial charge is 0.297 e. The number of hydrogen-bond donors (Lipinski definition) is 0. The number of aryl methyl sites for hydroxylation is 1. The maximum absolute atomic E-state index is 12.8. The fourth-order valence-corrected chi connectivity index (χ4v) is 5.18. The van der Waals surface area contributed by atoms with Crippen LogP contribution in [-0.2, 0) is 28.5 Å². The SMILES string of the molecule is Cc1ccc(S(=O)(=O)OC[C@H]2O[C@@H](c3cnc4c(N=CN(C)C)ncnn34)[C@@H]3OC(C)(C)O[C@@H]32)cc1. The van der Waals surface area contributed by atoms with E-state index in [1.165, 1.54) is 18.5 Å². The Morgan fingerprint density at radius 3 is 2.61 bits per heavy atom. The number of ether oxygens (including phenoxy) is 3. The molecule has 0 saturated carbocycles. The second kappa shape index (κ2) is 9.16. The Kier molecular flexibility index (Phi) is 6.29. The Morgan fingerprint density at radius 2 is 1.89 bits per heavy atom. The standard InChI is InChI=1S/C23H28N6O6S/c1-14-6-8-15(9-7-14)36(30,31)32-11-17-19-20(35-23(2,3)34-19)18(33-17)16-10-24-22-21(26-13-28(4)5)25-12-27-29(16)22/h6-10,12-13,17-20H,11H2,1-5H3/t17-,18+,19-,20+/m1/s1. The molecule has 0 amide bonds. The van der Waals surface area contributed by atoms with Crippen molar-refractivity contribution in [3.63, 3.8) is 0 Å². The number of rotatable bonds is 7. The van der Waals surface area contributed by atoms with Crippen LogP contribution in [0.4, 0.5) is 5.82 Å². The van der Waals surface area contributed by atoms with Crippen LogP contribution in [0.5, 0.6) is 0 Å². The molecule has 13 heteroatoms. The van der Waals surface area contributed by atoms with Gasteiger partial charge in [0.2, 0.25) is 5.82 Å². The molecular weight excluding hydrogens is 488 g/mol. The van der Waals surface area contributed by atoms with Crippen LogP contribution in [0.15, 0.2) is 46.7 Å². The predicted molar refractivity (Wildman–Crippen MR) is 128 cm³/mol. The first-order valence-electron chi connectivity index (χ1n) is 11.4. The van der Waals surface area contributed by atoms with Gasteiger partial charge in [0.15, 0.2) is 11.4 Å². The molecule has 2 aliphatic heterocycles. The van der Waals surface area contributed by atoms with Crippen molar-refractivity contribution in [2.45, 2.75) is 55.9 Å². The molecule has 0 bridgehead atoms. The molecular formula is C23H28N6O6S. The molecule has 0 spiro atoms. The lowest BCUT2D eigenvalue weighted by Crippen LogP contribution is -2.33. The second-order valence-electron chi connectivity index (χ2n) is 9.42. The zero-order valence-electron chi connectivity index (χ0n) is 20.6. The van der Waals surface area contributed by atoms with Gasteiger partial charge in [-0.3, -0.25) is 4.18 Å². The fraction of sp³-hybridized carbons (Fsp3) is 0.478. The molecule has 4 heterocycles. The van der Waals surface area contributed by atoms with Gasteiger partial charge < -0.3 is 19.1 Å². The number of fused-ring (bicyclic) bond motifs is 2. The third-order valence-electron chi connectivity index (χ3n) is 5.86. The maximum Gasteiger partial charge on any atom is 0.297 e. The van der Waals surface area contributed by atoms with E-state index in [4.69, 9.17) is 18.4 Å². The zero-order valence-corrected chi connectivity index (χ0v) is 21.4. The molecule has 0 unspecified atom stereocenters. The molecule has 2 fully saturated rings. The predicted octanol–water partition coefficient (Wildman–Crippen LogP) is 2.02. The molecule has 2 aromatic heterocycles. The molecule has 36 heavy (non-hydrogen) atoms. The molecule has 1 aromatic carbocycles. The van der Waals surface area contributed by atoms with Gasteiger partial charge in [-0.25, -0.2) is 19.5 Å². The summed E-state index contributed by atoms with van der Waals surface area (Å²) in [4.78, 5) is 14.9. The lowest BCUT2D eigenvalue weighted by Gasteiger charge is -2.23. The van der Waals surface area contributed by atoms with E-state index < -0.39 is 40.3 Å². The molecule has 5 rings (SSSR count). The third-order valence-corrected chi connectivity index (χ3v) is 7.16. The van der Waals surface area contributed by atoms with Crippen LogP contribution in [-0.4, -0.2) is 84.0 Å². The molecule has 2 saturated heterocycles. The van der Waals surface area contributed by atoms with Crippen LogP contribution in [0.25, 0.3) is 5.65 Å². The topological polar surface area (TPSA) is 130 Å². The third kappa shape index (κ3) is 4.72. The number of nitrogens with zero attached hydrogens (tertiary/aromatic N) is 6. The molecule has 3 aromatic rings. The Balaban J connectivity index is 1.41. The van der Waals surface area contributed by atoms with Crippen LogP contribution in [0, 0.1) is 6.92 Å². The van der Waals surface area contributed by atoms with Crippen LogP contribution in [0.2, 0.25) is 0 Å². The summed E-state index contributed by atoms with van der Waals surface area (Å²) >= 11 is 0. The molecule has 0 aliphatic carbocycles. The Hall–Kier alpha value is -2.97. The van der Waals surface area contributed by atoms with E-state index in [-0.39, 0.29) is 11.5 Å². The minimum absolute atomic E-state index is 0.0763. The zero-order chi connectivity index (χ0) is 25.7. The highest BCUT2D eigenvalue weighted by Gasteiger charge is 2.56. The van der Waals surface area contributed by atoms with E-state index in [9.17, 15) is 8.42 Å². The van der Waals surface area contributed by atoms with E-state index >= 15 is 0 Å². The van der Waals surface area contributed by atoms with Crippen molar-refractivity contribution in [1.82, 2.24) is 24.5 Å². The minimum Gasteiger partial charge on any atom is -0.369 e. The lowest BCUT2D eigenvalue weighted by molar-refractivity contribution is -0.190. The summed E-state index contributed by atoms with van der Waals surface area (Å²) in [5.41, 5.74) is 2.00. The van der Waals surface area contributed by atoms with E-state index in [0.29, 0.717) is 17.2 Å². The van der Waals surface area contributed by atoms with Crippen LogP contribution >= 0.6 is 0 Å². The van der Waals surface area contributed by atoms with E-state index in [1.807, 2.05) is 21.0 Å². The Morgan fingerprint density at radius 1 is 1.17 bits per heavy atom. The van der Waals surface area contributed by atoms with E-state index in [1.54, 1.807) is 47.9 Å². The van der Waals surface area contributed by atoms with Gasteiger partial charge in [0.1, 0.15) is 30.7 Å². The van der Waals surface area contributed by atoms with Gasteiger partial charge in [0.05, 0.1) is 29.7 Å². The first-order valence-corrected chi connectivity index (χ1v) is 12.8. The van der Waals surface area contributed by atoms with Gasteiger partial charge >= 0.3 is 0 Å². The average Bonchev–Trinajstić information content (AvgIpc) is 3.47. The number of hydrogen-bond acceptors (Lipinski definition) is 10. The van der Waals surface area contributed by atoms with Crippen LogP contribution in [0.3, 0.4) is 0 Å². The largest absolute Gasteiger partial charge is 0.369 e. The van der Waals surface area contributed by atoms with E-state index in [2.05, 4.69) is 20.1 Å². The molecule has 12 nitrogen and oxygen atoms in total. The van der Waals surface area contributed by atoms with Crippen LogP contribution in [0.1, 0.15) is 31.2 Å². The first-order chi connectivity index (χ1) is 17.0. The first kappa shape index (κ1) is 24.7.